The van der Waals surface area contributed by atoms with Crippen molar-refractivity contribution in [1.29, 1.82) is 0 Å². The zero-order valence-corrected chi connectivity index (χ0v) is 17.4. The fourth-order valence-corrected chi connectivity index (χ4v) is 8.44. The molecule has 0 radical (unpaired) electrons. The van der Waals surface area contributed by atoms with Gasteiger partial charge in [0.05, 0.1) is 0 Å². The van der Waals surface area contributed by atoms with Crippen molar-refractivity contribution in [3.05, 3.63) is 12.2 Å². The first kappa shape index (κ1) is 21.6. The van der Waals surface area contributed by atoms with Gasteiger partial charge in [-0.05, 0) is 0 Å². The van der Waals surface area contributed by atoms with Gasteiger partial charge < -0.3 is 0 Å². The van der Waals surface area contributed by atoms with Crippen LogP contribution >= 0.6 is 7.26 Å². The average Bonchev–Trinajstić information content (AvgIpc) is 2.41. The predicted octanol–water partition coefficient (Wildman–Crippen LogP) is 4.93. The fourth-order valence-electron chi connectivity index (χ4n) is 4.03. The van der Waals surface area contributed by atoms with E-state index in [9.17, 15) is 4.79 Å². The molecule has 0 aliphatic rings. The van der Waals surface area contributed by atoms with E-state index in [4.69, 9.17) is 0 Å². The Balaban J connectivity index is 4.79. The first-order chi connectivity index (χ1) is 9.92. The molecule has 0 atom stereocenters. The summed E-state index contributed by atoms with van der Waals surface area (Å²) in [5.74, 6) is -0.0229. The van der Waals surface area contributed by atoms with Crippen molar-refractivity contribution in [2.75, 3.05) is 31.2 Å². The standard InChI is InChI=1S/C19H40NOP/c1-10-22(11-2,12-3)15-19(8,9)13-18(6,7)14-20-17(21)16(4)5/h22H,4,10-15H2,1-3,5-9H3,(H,20,21). The van der Waals surface area contributed by atoms with Crippen molar-refractivity contribution in [2.45, 2.75) is 61.8 Å². The molecule has 0 fully saturated rings. The number of rotatable bonds is 10. The molecule has 0 aromatic rings. The Morgan fingerprint density at radius 1 is 1.00 bits per heavy atom. The zero-order chi connectivity index (χ0) is 17.6. The molecule has 1 amide bonds. The summed E-state index contributed by atoms with van der Waals surface area (Å²) in [6.07, 6.45) is 6.69. The number of hydrogen-bond donors (Lipinski definition) is 1. The minimum atomic E-state index is -1.12. The van der Waals surface area contributed by atoms with Gasteiger partial charge in [0.25, 0.3) is 0 Å². The normalized spacial score (nSPS) is 13.8. The molecule has 0 aromatic carbocycles. The van der Waals surface area contributed by atoms with Crippen molar-refractivity contribution in [3.63, 3.8) is 0 Å². The first-order valence-electron chi connectivity index (χ1n) is 8.86. The van der Waals surface area contributed by atoms with Crippen LogP contribution in [0.25, 0.3) is 0 Å². The molecular formula is C19H40NOP. The van der Waals surface area contributed by atoms with Crippen LogP contribution in [0.5, 0.6) is 0 Å². The summed E-state index contributed by atoms with van der Waals surface area (Å²) >= 11 is 0. The summed E-state index contributed by atoms with van der Waals surface area (Å²) in [5, 5.41) is 3.02. The van der Waals surface area contributed by atoms with E-state index in [0.29, 0.717) is 11.0 Å². The second-order valence-electron chi connectivity index (χ2n) is 8.71. The third-order valence-corrected chi connectivity index (χ3v) is 11.4. The van der Waals surface area contributed by atoms with Crippen molar-refractivity contribution in [2.24, 2.45) is 10.8 Å². The van der Waals surface area contributed by atoms with E-state index >= 15 is 0 Å². The molecule has 0 bridgehead atoms. The fraction of sp³-hybridized carbons (Fsp3) is 0.842. The second-order valence-corrected chi connectivity index (χ2v) is 14.2. The molecule has 0 saturated heterocycles. The van der Waals surface area contributed by atoms with E-state index in [-0.39, 0.29) is 11.3 Å². The Hall–Kier alpha value is -0.360. The molecule has 1 N–H and O–H groups in total. The number of hydrogen-bond acceptors (Lipinski definition) is 1. The summed E-state index contributed by atoms with van der Waals surface area (Å²) in [4.78, 5) is 11.7. The van der Waals surface area contributed by atoms with E-state index in [1.54, 1.807) is 6.92 Å². The van der Waals surface area contributed by atoms with Crippen LogP contribution < -0.4 is 5.32 Å². The molecule has 3 heteroatoms. The molecule has 0 aromatic heterocycles. The number of carbonyl (C=O) groups excluding carboxylic acids is 1. The Labute approximate surface area is 139 Å². The van der Waals surface area contributed by atoms with Crippen LogP contribution in [0, 0.1) is 10.8 Å². The van der Waals surface area contributed by atoms with E-state index in [2.05, 4.69) is 60.4 Å². The van der Waals surface area contributed by atoms with Crippen LogP contribution in [-0.4, -0.2) is 37.1 Å². The third kappa shape index (κ3) is 7.27. The van der Waals surface area contributed by atoms with Gasteiger partial charge in [-0.25, -0.2) is 0 Å². The third-order valence-electron chi connectivity index (χ3n) is 5.18. The average molecular weight is 330 g/mol. The predicted molar refractivity (Wildman–Crippen MR) is 105 cm³/mol. The van der Waals surface area contributed by atoms with E-state index in [1.165, 1.54) is 24.6 Å². The van der Waals surface area contributed by atoms with Crippen molar-refractivity contribution >= 4 is 13.2 Å². The van der Waals surface area contributed by atoms with Gasteiger partial charge in [-0.15, -0.1) is 0 Å². The molecule has 22 heavy (non-hydrogen) atoms. The number of nitrogens with one attached hydrogen (secondary N) is 1. The summed E-state index contributed by atoms with van der Waals surface area (Å²) in [5.41, 5.74) is 1.04. The van der Waals surface area contributed by atoms with Gasteiger partial charge in [0.1, 0.15) is 0 Å². The maximum absolute atomic E-state index is 11.7. The first-order valence-corrected chi connectivity index (χ1v) is 11.7. The summed E-state index contributed by atoms with van der Waals surface area (Å²) < 4.78 is 0. The van der Waals surface area contributed by atoms with Gasteiger partial charge in [-0.1, -0.05) is 0 Å². The van der Waals surface area contributed by atoms with Crippen molar-refractivity contribution in [3.8, 4) is 0 Å². The molecule has 132 valence electrons. The Kier molecular flexibility index (Phi) is 8.34. The Bertz CT molecular complexity index is 373. The molecule has 2 nitrogen and oxygen atoms in total. The van der Waals surface area contributed by atoms with Crippen molar-refractivity contribution < 1.29 is 4.79 Å². The van der Waals surface area contributed by atoms with Crippen LogP contribution in [0.2, 0.25) is 0 Å². The Morgan fingerprint density at radius 2 is 1.45 bits per heavy atom. The summed E-state index contributed by atoms with van der Waals surface area (Å²) in [7, 11) is -1.12. The molecule has 0 rings (SSSR count). The van der Waals surface area contributed by atoms with E-state index in [1.807, 2.05) is 0 Å². The van der Waals surface area contributed by atoms with Gasteiger partial charge in [-0.3, -0.25) is 0 Å². The zero-order valence-electron chi connectivity index (χ0n) is 16.4. The van der Waals surface area contributed by atoms with Gasteiger partial charge in [0, 0.05) is 0 Å². The SMILES string of the molecule is C=C(C)C(=O)NCC(C)(C)CC(C)(C)C[PH](CC)(CC)CC. The molecule has 0 heterocycles. The minimum absolute atomic E-state index is 0.0229. The Morgan fingerprint density at radius 3 is 1.82 bits per heavy atom. The molecule has 0 unspecified atom stereocenters. The van der Waals surface area contributed by atoms with E-state index in [0.717, 1.165) is 13.0 Å². The number of amides is 1. The van der Waals surface area contributed by atoms with E-state index < -0.39 is 7.26 Å². The molecule has 0 aliphatic carbocycles. The second kappa shape index (κ2) is 8.48. The van der Waals surface area contributed by atoms with Gasteiger partial charge in [0.2, 0.25) is 0 Å². The van der Waals surface area contributed by atoms with Gasteiger partial charge in [-0.2, -0.15) is 0 Å². The molecule has 0 spiro atoms. The molecule has 0 saturated carbocycles. The maximum atomic E-state index is 11.7. The van der Waals surface area contributed by atoms with Crippen LogP contribution in [0.15, 0.2) is 12.2 Å². The van der Waals surface area contributed by atoms with Crippen LogP contribution in [0.3, 0.4) is 0 Å². The monoisotopic (exact) mass is 329 g/mol. The van der Waals surface area contributed by atoms with Crippen LogP contribution in [0.1, 0.15) is 61.8 Å². The molecule has 0 aliphatic heterocycles. The molecular weight excluding hydrogens is 289 g/mol. The van der Waals surface area contributed by atoms with Gasteiger partial charge in [0.15, 0.2) is 0 Å². The summed E-state index contributed by atoms with van der Waals surface area (Å²) in [6, 6.07) is 0. The summed E-state index contributed by atoms with van der Waals surface area (Å²) in [6.45, 7) is 22.7. The number of carbonyl (C=O) groups is 1. The van der Waals surface area contributed by atoms with Crippen LogP contribution in [-0.2, 0) is 4.79 Å². The quantitative estimate of drug-likeness (QED) is 0.447. The van der Waals surface area contributed by atoms with Gasteiger partial charge >= 0.3 is 139 Å². The topological polar surface area (TPSA) is 29.1 Å². The van der Waals surface area contributed by atoms with Crippen LogP contribution in [0.4, 0.5) is 0 Å². The van der Waals surface area contributed by atoms with Crippen molar-refractivity contribution in [1.82, 2.24) is 5.32 Å².